The first-order valence-electron chi connectivity index (χ1n) is 6.91. The van der Waals surface area contributed by atoms with Gasteiger partial charge in [-0.05, 0) is 18.4 Å². The summed E-state index contributed by atoms with van der Waals surface area (Å²) in [7, 11) is 0. The van der Waals surface area contributed by atoms with Gasteiger partial charge in [-0.1, -0.05) is 43.2 Å². The third kappa shape index (κ3) is 2.35. The van der Waals surface area contributed by atoms with Crippen molar-refractivity contribution >= 4 is 11.8 Å². The second-order valence-corrected chi connectivity index (χ2v) is 5.35. The summed E-state index contributed by atoms with van der Waals surface area (Å²) in [6, 6.07) is 10.2. The van der Waals surface area contributed by atoms with Crippen molar-refractivity contribution in [1.82, 2.24) is 10.2 Å². The first-order valence-corrected chi connectivity index (χ1v) is 6.91. The van der Waals surface area contributed by atoms with Crippen LogP contribution in [0.5, 0.6) is 0 Å². The van der Waals surface area contributed by atoms with Crippen molar-refractivity contribution in [2.75, 3.05) is 0 Å². The van der Waals surface area contributed by atoms with Crippen molar-refractivity contribution in [1.29, 1.82) is 0 Å². The summed E-state index contributed by atoms with van der Waals surface area (Å²) in [5, 5.41) is 2.85. The van der Waals surface area contributed by atoms with Gasteiger partial charge in [0.25, 0.3) is 0 Å². The molecule has 2 atom stereocenters. The minimum atomic E-state index is -0.445. The summed E-state index contributed by atoms with van der Waals surface area (Å²) >= 11 is 0. The van der Waals surface area contributed by atoms with Crippen LogP contribution in [0.15, 0.2) is 30.3 Å². The highest BCUT2D eigenvalue weighted by Crippen LogP contribution is 2.27. The lowest BCUT2D eigenvalue weighted by molar-refractivity contribution is -0.153. The zero-order valence-electron chi connectivity index (χ0n) is 10.8. The summed E-state index contributed by atoms with van der Waals surface area (Å²) in [5.74, 6) is -0.828. The molecule has 1 aromatic rings. The summed E-state index contributed by atoms with van der Waals surface area (Å²) in [6.45, 7) is 0.536. The monoisotopic (exact) mass is 258 g/mol. The van der Waals surface area contributed by atoms with E-state index in [9.17, 15) is 9.59 Å². The van der Waals surface area contributed by atoms with E-state index in [0.717, 1.165) is 31.2 Å². The van der Waals surface area contributed by atoms with Gasteiger partial charge in [0, 0.05) is 12.6 Å². The number of nitrogens with zero attached hydrogens (tertiary/aromatic N) is 1. The molecule has 2 fully saturated rings. The Balaban J connectivity index is 1.83. The highest BCUT2D eigenvalue weighted by atomic mass is 16.2. The van der Waals surface area contributed by atoms with Crippen LogP contribution in [-0.4, -0.2) is 28.8 Å². The summed E-state index contributed by atoms with van der Waals surface area (Å²) in [6.07, 6.45) is 4.24. The molecule has 0 radical (unpaired) electrons. The Morgan fingerprint density at radius 2 is 1.84 bits per heavy atom. The molecule has 19 heavy (non-hydrogen) atoms. The second-order valence-electron chi connectivity index (χ2n) is 5.35. The number of rotatable bonds is 2. The highest BCUT2D eigenvalue weighted by molar-refractivity contribution is 6.35. The standard InChI is InChI=1S/C15H18N2O2/c18-14-15(19)17(10-11-6-2-1-3-7-11)13-9-5-4-8-12(13)16-14/h1-3,6-7,12-13H,4-5,8-10H2,(H,16,18). The first kappa shape index (κ1) is 12.2. The van der Waals surface area contributed by atoms with E-state index in [1.165, 1.54) is 0 Å². The van der Waals surface area contributed by atoms with Gasteiger partial charge in [0.05, 0.1) is 6.04 Å². The van der Waals surface area contributed by atoms with E-state index >= 15 is 0 Å². The van der Waals surface area contributed by atoms with Gasteiger partial charge < -0.3 is 10.2 Å². The smallest absolute Gasteiger partial charge is 0.312 e. The number of benzene rings is 1. The molecule has 1 N–H and O–H groups in total. The van der Waals surface area contributed by atoms with E-state index in [1.54, 1.807) is 4.90 Å². The molecule has 2 amide bonds. The number of piperazine rings is 1. The number of hydrogen-bond acceptors (Lipinski definition) is 2. The topological polar surface area (TPSA) is 49.4 Å². The highest BCUT2D eigenvalue weighted by Gasteiger charge is 2.41. The van der Waals surface area contributed by atoms with Crippen molar-refractivity contribution < 1.29 is 9.59 Å². The van der Waals surface area contributed by atoms with Crippen molar-refractivity contribution in [3.63, 3.8) is 0 Å². The lowest BCUT2D eigenvalue weighted by Crippen LogP contribution is -2.63. The van der Waals surface area contributed by atoms with Crippen LogP contribution in [0.2, 0.25) is 0 Å². The van der Waals surface area contributed by atoms with E-state index in [1.807, 2.05) is 30.3 Å². The maximum atomic E-state index is 12.1. The fourth-order valence-electron chi connectivity index (χ4n) is 3.13. The van der Waals surface area contributed by atoms with E-state index in [4.69, 9.17) is 0 Å². The maximum absolute atomic E-state index is 12.1. The van der Waals surface area contributed by atoms with Crippen LogP contribution in [-0.2, 0) is 16.1 Å². The molecular weight excluding hydrogens is 240 g/mol. The Hall–Kier alpha value is -1.84. The lowest BCUT2D eigenvalue weighted by atomic mass is 9.87. The first-order chi connectivity index (χ1) is 9.25. The number of amides is 2. The second kappa shape index (κ2) is 5.03. The summed E-state index contributed by atoms with van der Waals surface area (Å²) < 4.78 is 0. The number of carbonyl (C=O) groups is 2. The molecule has 2 unspecified atom stereocenters. The van der Waals surface area contributed by atoms with Gasteiger partial charge in [0.2, 0.25) is 0 Å². The normalized spacial score (nSPS) is 26.8. The van der Waals surface area contributed by atoms with Crippen LogP contribution < -0.4 is 5.32 Å². The fourth-order valence-corrected chi connectivity index (χ4v) is 3.13. The molecule has 1 aliphatic carbocycles. The average molecular weight is 258 g/mol. The van der Waals surface area contributed by atoms with E-state index in [0.29, 0.717) is 6.54 Å². The molecule has 1 saturated carbocycles. The zero-order valence-corrected chi connectivity index (χ0v) is 10.8. The lowest BCUT2D eigenvalue weighted by Gasteiger charge is -2.43. The molecule has 2 aliphatic rings. The van der Waals surface area contributed by atoms with Gasteiger partial charge in [0.1, 0.15) is 0 Å². The van der Waals surface area contributed by atoms with Crippen LogP contribution >= 0.6 is 0 Å². The maximum Gasteiger partial charge on any atom is 0.312 e. The van der Waals surface area contributed by atoms with Crippen LogP contribution in [0.25, 0.3) is 0 Å². The molecule has 100 valence electrons. The van der Waals surface area contributed by atoms with Gasteiger partial charge in [-0.2, -0.15) is 0 Å². The molecule has 1 heterocycles. The van der Waals surface area contributed by atoms with Gasteiger partial charge in [-0.25, -0.2) is 0 Å². The zero-order chi connectivity index (χ0) is 13.2. The largest absolute Gasteiger partial charge is 0.343 e. The summed E-state index contributed by atoms with van der Waals surface area (Å²) in [4.78, 5) is 25.6. The Kier molecular flexibility index (Phi) is 3.23. The molecule has 0 spiro atoms. The molecule has 1 saturated heterocycles. The SMILES string of the molecule is O=C1NC2CCCCC2N(Cc2ccccc2)C1=O. The molecule has 1 aromatic carbocycles. The van der Waals surface area contributed by atoms with E-state index in [2.05, 4.69) is 5.32 Å². The molecule has 0 bridgehead atoms. The Bertz CT molecular complexity index is 486. The van der Waals surface area contributed by atoms with Gasteiger partial charge in [-0.3, -0.25) is 9.59 Å². The summed E-state index contributed by atoms with van der Waals surface area (Å²) in [5.41, 5.74) is 1.08. The van der Waals surface area contributed by atoms with Crippen molar-refractivity contribution in [3.05, 3.63) is 35.9 Å². The van der Waals surface area contributed by atoms with Crippen molar-refractivity contribution in [2.45, 2.75) is 44.3 Å². The minimum Gasteiger partial charge on any atom is -0.343 e. The van der Waals surface area contributed by atoms with Gasteiger partial charge >= 0.3 is 11.8 Å². The third-order valence-electron chi connectivity index (χ3n) is 4.10. The molecule has 4 nitrogen and oxygen atoms in total. The molecule has 1 aliphatic heterocycles. The van der Waals surface area contributed by atoms with Gasteiger partial charge in [-0.15, -0.1) is 0 Å². The van der Waals surface area contributed by atoms with Crippen LogP contribution in [0.3, 0.4) is 0 Å². The molecule has 0 aromatic heterocycles. The number of fused-ring (bicyclic) bond motifs is 1. The predicted molar refractivity (Wildman–Crippen MR) is 71.2 cm³/mol. The van der Waals surface area contributed by atoms with E-state index in [-0.39, 0.29) is 18.0 Å². The third-order valence-corrected chi connectivity index (χ3v) is 4.10. The molecular formula is C15H18N2O2. The fraction of sp³-hybridized carbons (Fsp3) is 0.467. The van der Waals surface area contributed by atoms with Crippen molar-refractivity contribution in [2.24, 2.45) is 0 Å². The van der Waals surface area contributed by atoms with Gasteiger partial charge in [0.15, 0.2) is 0 Å². The Morgan fingerprint density at radius 3 is 2.63 bits per heavy atom. The number of hydrogen-bond donors (Lipinski definition) is 1. The number of carbonyl (C=O) groups excluding carboxylic acids is 2. The van der Waals surface area contributed by atoms with Crippen LogP contribution in [0.1, 0.15) is 31.2 Å². The Morgan fingerprint density at radius 1 is 1.11 bits per heavy atom. The van der Waals surface area contributed by atoms with Crippen LogP contribution in [0.4, 0.5) is 0 Å². The quantitative estimate of drug-likeness (QED) is 0.816. The Labute approximate surface area is 112 Å². The number of nitrogens with one attached hydrogen (secondary N) is 1. The average Bonchev–Trinajstić information content (AvgIpc) is 2.45. The predicted octanol–water partition coefficient (Wildman–Crippen LogP) is 1.46. The van der Waals surface area contributed by atoms with E-state index < -0.39 is 5.91 Å². The molecule has 4 heteroatoms. The van der Waals surface area contributed by atoms with Crippen molar-refractivity contribution in [3.8, 4) is 0 Å². The van der Waals surface area contributed by atoms with Crippen LogP contribution in [0, 0.1) is 0 Å². The molecule has 3 rings (SSSR count). The minimum absolute atomic E-state index is 0.141.